The fourth-order valence-electron chi connectivity index (χ4n) is 3.33. The zero-order valence-corrected chi connectivity index (χ0v) is 16.3. The highest BCUT2D eigenvalue weighted by Crippen LogP contribution is 2.31. The molecule has 0 aliphatic heterocycles. The minimum absolute atomic E-state index is 0.449. The molecule has 0 fully saturated rings. The van der Waals surface area contributed by atoms with Crippen LogP contribution in [0.3, 0.4) is 0 Å². The first-order valence-corrected chi connectivity index (χ1v) is 9.63. The van der Waals surface area contributed by atoms with E-state index in [1.54, 1.807) is 0 Å². The van der Waals surface area contributed by atoms with Crippen LogP contribution in [-0.2, 0) is 6.54 Å². The van der Waals surface area contributed by atoms with E-state index in [-0.39, 0.29) is 0 Å². The highest BCUT2D eigenvalue weighted by atomic mass is 79.9. The van der Waals surface area contributed by atoms with Crippen molar-refractivity contribution in [1.29, 1.82) is 0 Å². The van der Waals surface area contributed by atoms with Crippen LogP contribution in [0.15, 0.2) is 71.2 Å². The fraction of sp³-hybridized carbons (Fsp3) is 0.143. The highest BCUT2D eigenvalue weighted by molar-refractivity contribution is 9.10. The maximum Gasteiger partial charge on any atom is 0.0891 e. The van der Waals surface area contributed by atoms with Crippen LogP contribution in [-0.4, -0.2) is 22.3 Å². The number of benzene rings is 3. The largest absolute Gasteiger partial charge is 0.389 e. The van der Waals surface area contributed by atoms with Gasteiger partial charge < -0.3 is 15.0 Å². The molecule has 1 unspecified atom stereocenters. The van der Waals surface area contributed by atoms with Crippen LogP contribution in [0.4, 0.5) is 5.69 Å². The topological polar surface area (TPSA) is 37.2 Å². The van der Waals surface area contributed by atoms with Crippen molar-refractivity contribution in [2.75, 3.05) is 11.9 Å². The van der Waals surface area contributed by atoms with Gasteiger partial charge in [-0.2, -0.15) is 0 Å². The summed E-state index contributed by atoms with van der Waals surface area (Å²) in [6.07, 6.45) is -0.531. The Morgan fingerprint density at radius 3 is 2.62 bits per heavy atom. The van der Waals surface area contributed by atoms with Gasteiger partial charge in [-0.05, 0) is 42.5 Å². The van der Waals surface area contributed by atoms with Gasteiger partial charge in [-0.1, -0.05) is 51.8 Å². The number of aliphatic hydroxyl groups excluding tert-OH is 1. The summed E-state index contributed by atoms with van der Waals surface area (Å²) in [5.74, 6) is 0. The molecule has 3 nitrogen and oxygen atoms in total. The molecule has 0 aliphatic carbocycles. The van der Waals surface area contributed by atoms with E-state index in [0.717, 1.165) is 21.2 Å². The van der Waals surface area contributed by atoms with E-state index in [2.05, 4.69) is 50.1 Å². The molecule has 4 aromatic rings. The molecule has 0 saturated carbocycles. The number of halogens is 2. The molecule has 26 heavy (non-hydrogen) atoms. The lowest BCUT2D eigenvalue weighted by molar-refractivity contribution is 0.169. The molecule has 0 radical (unpaired) electrons. The minimum Gasteiger partial charge on any atom is -0.389 e. The Hall–Kier alpha value is -2.01. The first kappa shape index (κ1) is 17.4. The van der Waals surface area contributed by atoms with Gasteiger partial charge in [0.05, 0.1) is 12.6 Å². The van der Waals surface area contributed by atoms with Crippen molar-refractivity contribution in [2.24, 2.45) is 0 Å². The SMILES string of the molecule is OC(CNc1cccc(Cl)c1)Cn1c2ccccc2c2cc(Br)ccc21. The molecule has 2 N–H and O–H groups in total. The fourth-order valence-corrected chi connectivity index (χ4v) is 3.88. The molecule has 3 aromatic carbocycles. The van der Waals surface area contributed by atoms with Crippen molar-refractivity contribution in [1.82, 2.24) is 4.57 Å². The Morgan fingerprint density at radius 2 is 1.77 bits per heavy atom. The molecule has 4 rings (SSSR count). The van der Waals surface area contributed by atoms with Crippen LogP contribution < -0.4 is 5.32 Å². The van der Waals surface area contributed by atoms with E-state index in [9.17, 15) is 5.11 Å². The number of fused-ring (bicyclic) bond motifs is 3. The first-order chi connectivity index (χ1) is 12.6. The number of anilines is 1. The third-order valence-electron chi connectivity index (χ3n) is 4.49. The van der Waals surface area contributed by atoms with E-state index in [4.69, 9.17) is 11.6 Å². The first-order valence-electron chi connectivity index (χ1n) is 8.46. The van der Waals surface area contributed by atoms with Gasteiger partial charge in [-0.15, -0.1) is 0 Å². The lowest BCUT2D eigenvalue weighted by Crippen LogP contribution is -2.24. The maximum atomic E-state index is 10.6. The number of hydrogen-bond donors (Lipinski definition) is 2. The number of nitrogens with one attached hydrogen (secondary N) is 1. The second-order valence-electron chi connectivity index (χ2n) is 6.33. The lowest BCUT2D eigenvalue weighted by Gasteiger charge is -2.15. The number of para-hydroxylation sites is 1. The van der Waals surface area contributed by atoms with Crippen molar-refractivity contribution < 1.29 is 5.11 Å². The van der Waals surface area contributed by atoms with Gasteiger partial charge in [0.25, 0.3) is 0 Å². The second kappa shape index (κ2) is 7.31. The molecule has 0 spiro atoms. The van der Waals surface area contributed by atoms with E-state index in [1.807, 2.05) is 42.5 Å². The summed E-state index contributed by atoms with van der Waals surface area (Å²) in [6, 6.07) is 22.1. The number of hydrogen-bond acceptors (Lipinski definition) is 2. The van der Waals surface area contributed by atoms with Gasteiger partial charge in [-0.3, -0.25) is 0 Å². The summed E-state index contributed by atoms with van der Waals surface area (Å²) >= 11 is 9.56. The lowest BCUT2D eigenvalue weighted by atomic mass is 10.2. The van der Waals surface area contributed by atoms with E-state index < -0.39 is 6.10 Å². The predicted octanol–water partition coefficient (Wildman–Crippen LogP) is 5.68. The Labute approximate surface area is 165 Å². The Kier molecular flexibility index (Phi) is 4.90. The summed E-state index contributed by atoms with van der Waals surface area (Å²) < 4.78 is 3.23. The van der Waals surface area contributed by atoms with Crippen LogP contribution in [0.5, 0.6) is 0 Å². The van der Waals surface area contributed by atoms with Gasteiger partial charge in [0.2, 0.25) is 0 Å². The second-order valence-corrected chi connectivity index (χ2v) is 7.69. The molecule has 0 saturated heterocycles. The Bertz CT molecular complexity index is 1080. The van der Waals surface area contributed by atoms with Crippen molar-refractivity contribution in [3.05, 3.63) is 76.2 Å². The average molecular weight is 430 g/mol. The van der Waals surface area contributed by atoms with Crippen LogP contribution in [0.2, 0.25) is 5.02 Å². The van der Waals surface area contributed by atoms with Gasteiger partial charge in [-0.25, -0.2) is 0 Å². The number of nitrogens with zero attached hydrogens (tertiary/aromatic N) is 1. The average Bonchev–Trinajstić information content (AvgIpc) is 2.94. The summed E-state index contributed by atoms with van der Waals surface area (Å²) in [7, 11) is 0. The van der Waals surface area contributed by atoms with Crippen LogP contribution >= 0.6 is 27.5 Å². The Balaban J connectivity index is 1.61. The standard InChI is InChI=1S/C21H18BrClN2O/c22-14-8-9-21-19(10-14)18-6-1-2-7-20(18)25(21)13-17(26)12-24-16-5-3-4-15(23)11-16/h1-11,17,24,26H,12-13H2. The van der Waals surface area contributed by atoms with Crippen molar-refractivity contribution >= 4 is 55.0 Å². The third kappa shape index (κ3) is 3.45. The molecular weight excluding hydrogens is 412 g/mol. The summed E-state index contributed by atoms with van der Waals surface area (Å²) in [5, 5.41) is 16.9. The molecule has 5 heteroatoms. The Morgan fingerprint density at radius 1 is 0.962 bits per heavy atom. The summed E-state index contributed by atoms with van der Waals surface area (Å²) in [4.78, 5) is 0. The third-order valence-corrected chi connectivity index (χ3v) is 5.22. The predicted molar refractivity (Wildman–Crippen MR) is 113 cm³/mol. The van der Waals surface area contributed by atoms with E-state index in [1.165, 1.54) is 10.8 Å². The number of rotatable bonds is 5. The summed E-state index contributed by atoms with van der Waals surface area (Å²) in [6.45, 7) is 0.962. The van der Waals surface area contributed by atoms with E-state index >= 15 is 0 Å². The summed E-state index contributed by atoms with van der Waals surface area (Å²) in [5.41, 5.74) is 3.15. The van der Waals surface area contributed by atoms with Gasteiger partial charge in [0.1, 0.15) is 0 Å². The molecule has 0 aliphatic rings. The zero-order valence-electron chi connectivity index (χ0n) is 14.0. The molecular formula is C21H18BrClN2O. The minimum atomic E-state index is -0.531. The van der Waals surface area contributed by atoms with Crippen LogP contribution in [0, 0.1) is 0 Å². The monoisotopic (exact) mass is 428 g/mol. The molecule has 1 atom stereocenters. The van der Waals surface area contributed by atoms with E-state index in [0.29, 0.717) is 18.1 Å². The highest BCUT2D eigenvalue weighted by Gasteiger charge is 2.14. The molecule has 1 aromatic heterocycles. The van der Waals surface area contributed by atoms with Crippen LogP contribution in [0.1, 0.15) is 0 Å². The van der Waals surface area contributed by atoms with Gasteiger partial charge in [0.15, 0.2) is 0 Å². The maximum absolute atomic E-state index is 10.6. The van der Waals surface area contributed by atoms with Crippen LogP contribution in [0.25, 0.3) is 21.8 Å². The number of aliphatic hydroxyl groups is 1. The molecule has 0 bridgehead atoms. The van der Waals surface area contributed by atoms with Crippen molar-refractivity contribution in [2.45, 2.75) is 12.6 Å². The van der Waals surface area contributed by atoms with Gasteiger partial charge in [0, 0.05) is 43.5 Å². The normalized spacial score (nSPS) is 12.6. The number of aromatic nitrogens is 1. The smallest absolute Gasteiger partial charge is 0.0891 e. The molecule has 1 heterocycles. The quantitative estimate of drug-likeness (QED) is 0.428. The van der Waals surface area contributed by atoms with Gasteiger partial charge >= 0.3 is 0 Å². The van der Waals surface area contributed by atoms with Crippen molar-refractivity contribution in [3.63, 3.8) is 0 Å². The molecule has 132 valence electrons. The molecule has 0 amide bonds. The van der Waals surface area contributed by atoms with Crippen molar-refractivity contribution in [3.8, 4) is 0 Å². The zero-order chi connectivity index (χ0) is 18.1.